The average Bonchev–Trinajstić information content (AvgIpc) is 2.30. The van der Waals surface area contributed by atoms with Crippen molar-refractivity contribution in [2.24, 2.45) is 5.73 Å². The Bertz CT molecular complexity index is 492. The molecule has 3 nitrogen and oxygen atoms in total. The summed E-state index contributed by atoms with van der Waals surface area (Å²) in [7, 11) is 0. The quantitative estimate of drug-likeness (QED) is 0.846. The number of nitrogens with zero attached hydrogens (tertiary/aromatic N) is 1. The van der Waals surface area contributed by atoms with Gasteiger partial charge in [0.25, 0.3) is 0 Å². The third kappa shape index (κ3) is 2.82. The first-order valence-electron chi connectivity index (χ1n) is 5.72. The van der Waals surface area contributed by atoms with E-state index in [0.29, 0.717) is 0 Å². The number of anilines is 2. The predicted molar refractivity (Wildman–Crippen MR) is 71.3 cm³/mol. The highest BCUT2D eigenvalue weighted by molar-refractivity contribution is 5.56. The number of hydrogen-bond donors (Lipinski definition) is 2. The van der Waals surface area contributed by atoms with Crippen LogP contribution in [0.3, 0.4) is 0 Å². The highest BCUT2D eigenvalue weighted by Gasteiger charge is 2.05. The van der Waals surface area contributed by atoms with Gasteiger partial charge in [-0.3, -0.25) is 0 Å². The third-order valence-corrected chi connectivity index (χ3v) is 2.66. The molecule has 0 unspecified atom stereocenters. The molecule has 0 saturated heterocycles. The molecule has 3 heteroatoms. The van der Waals surface area contributed by atoms with E-state index >= 15 is 0 Å². The Hall–Kier alpha value is -1.87. The first-order chi connectivity index (χ1) is 8.16. The van der Waals surface area contributed by atoms with Crippen LogP contribution >= 0.6 is 0 Å². The molecule has 0 fully saturated rings. The van der Waals surface area contributed by atoms with Crippen molar-refractivity contribution in [1.82, 2.24) is 4.98 Å². The van der Waals surface area contributed by atoms with Crippen LogP contribution in [-0.4, -0.2) is 4.98 Å². The summed E-state index contributed by atoms with van der Waals surface area (Å²) in [5.74, 6) is 0.845. The molecule has 0 spiro atoms. The van der Waals surface area contributed by atoms with Gasteiger partial charge in [0.15, 0.2) is 0 Å². The van der Waals surface area contributed by atoms with E-state index < -0.39 is 0 Å². The van der Waals surface area contributed by atoms with E-state index in [-0.39, 0.29) is 6.04 Å². The van der Waals surface area contributed by atoms with Crippen LogP contribution < -0.4 is 11.1 Å². The molecule has 0 aliphatic heterocycles. The van der Waals surface area contributed by atoms with Gasteiger partial charge in [0.2, 0.25) is 0 Å². The van der Waals surface area contributed by atoms with E-state index in [1.807, 2.05) is 56.3 Å². The largest absolute Gasteiger partial charge is 0.340 e. The summed E-state index contributed by atoms with van der Waals surface area (Å²) >= 11 is 0. The van der Waals surface area contributed by atoms with Crippen LogP contribution in [0.2, 0.25) is 0 Å². The smallest absolute Gasteiger partial charge is 0.130 e. The summed E-state index contributed by atoms with van der Waals surface area (Å²) in [4.78, 5) is 4.50. The number of aromatic nitrogens is 1. The standard InChI is InChI=1S/C14H17N3/c1-10(15)13-8-9-14(16-11(13)2)17-12-6-4-3-5-7-12/h3-10H,15H2,1-2H3,(H,16,17)/t10-/m1/s1. The SMILES string of the molecule is Cc1nc(Nc2ccccc2)ccc1[C@@H](C)N. The Labute approximate surface area is 102 Å². The van der Waals surface area contributed by atoms with Crippen molar-refractivity contribution in [3.05, 3.63) is 53.7 Å². The van der Waals surface area contributed by atoms with Gasteiger partial charge in [-0.05, 0) is 37.6 Å². The van der Waals surface area contributed by atoms with Crippen LogP contribution in [0.25, 0.3) is 0 Å². The van der Waals surface area contributed by atoms with E-state index in [9.17, 15) is 0 Å². The first-order valence-corrected chi connectivity index (χ1v) is 5.72. The van der Waals surface area contributed by atoms with Gasteiger partial charge in [0.05, 0.1) is 0 Å². The van der Waals surface area contributed by atoms with Crippen molar-refractivity contribution >= 4 is 11.5 Å². The van der Waals surface area contributed by atoms with E-state index in [2.05, 4.69) is 10.3 Å². The summed E-state index contributed by atoms with van der Waals surface area (Å²) < 4.78 is 0. The van der Waals surface area contributed by atoms with Crippen LogP contribution in [0.4, 0.5) is 11.5 Å². The molecular formula is C14H17N3. The van der Waals surface area contributed by atoms with Crippen LogP contribution in [0.15, 0.2) is 42.5 Å². The minimum Gasteiger partial charge on any atom is -0.340 e. The maximum Gasteiger partial charge on any atom is 0.130 e. The Morgan fingerprint density at radius 1 is 1.12 bits per heavy atom. The van der Waals surface area contributed by atoms with Gasteiger partial charge in [-0.25, -0.2) is 4.98 Å². The van der Waals surface area contributed by atoms with Gasteiger partial charge in [0.1, 0.15) is 5.82 Å². The summed E-state index contributed by atoms with van der Waals surface area (Å²) in [6.45, 7) is 3.95. The lowest BCUT2D eigenvalue weighted by atomic mass is 10.1. The minimum atomic E-state index is 0.0216. The Kier molecular flexibility index (Phi) is 3.40. The van der Waals surface area contributed by atoms with Gasteiger partial charge in [-0.2, -0.15) is 0 Å². The fourth-order valence-electron chi connectivity index (χ4n) is 1.79. The van der Waals surface area contributed by atoms with Gasteiger partial charge < -0.3 is 11.1 Å². The number of nitrogens with two attached hydrogens (primary N) is 1. The summed E-state index contributed by atoms with van der Waals surface area (Å²) in [5.41, 5.74) is 8.95. The van der Waals surface area contributed by atoms with Crippen LogP contribution in [0.1, 0.15) is 24.2 Å². The molecule has 2 aromatic rings. The molecule has 0 bridgehead atoms. The zero-order chi connectivity index (χ0) is 12.3. The zero-order valence-electron chi connectivity index (χ0n) is 10.1. The molecule has 1 atom stereocenters. The monoisotopic (exact) mass is 227 g/mol. The second kappa shape index (κ2) is 4.97. The molecule has 0 radical (unpaired) electrons. The Morgan fingerprint density at radius 3 is 2.41 bits per heavy atom. The van der Waals surface area contributed by atoms with Crippen LogP contribution in [0, 0.1) is 6.92 Å². The summed E-state index contributed by atoms with van der Waals surface area (Å²) in [5, 5.41) is 3.26. The molecule has 0 aliphatic carbocycles. The lowest BCUT2D eigenvalue weighted by Gasteiger charge is -2.11. The lowest BCUT2D eigenvalue weighted by molar-refractivity contribution is 0.800. The normalized spacial score (nSPS) is 12.2. The number of rotatable bonds is 3. The number of nitrogens with one attached hydrogen (secondary N) is 1. The average molecular weight is 227 g/mol. The van der Waals surface area contributed by atoms with Gasteiger partial charge in [-0.1, -0.05) is 24.3 Å². The van der Waals surface area contributed by atoms with E-state index in [1.54, 1.807) is 0 Å². The van der Waals surface area contributed by atoms with Crippen LogP contribution in [0.5, 0.6) is 0 Å². The molecule has 2 rings (SSSR count). The van der Waals surface area contributed by atoms with Crippen LogP contribution in [-0.2, 0) is 0 Å². The van der Waals surface area contributed by atoms with Gasteiger partial charge in [0, 0.05) is 17.4 Å². The molecule has 17 heavy (non-hydrogen) atoms. The first kappa shape index (κ1) is 11.6. The van der Waals surface area contributed by atoms with Crippen molar-refractivity contribution < 1.29 is 0 Å². The maximum atomic E-state index is 5.86. The highest BCUT2D eigenvalue weighted by atomic mass is 15.0. The highest BCUT2D eigenvalue weighted by Crippen LogP contribution is 2.19. The van der Waals surface area contributed by atoms with Crippen molar-refractivity contribution in [2.75, 3.05) is 5.32 Å². The van der Waals surface area contributed by atoms with E-state index in [1.165, 1.54) is 0 Å². The second-order valence-corrected chi connectivity index (χ2v) is 4.15. The number of para-hydroxylation sites is 1. The minimum absolute atomic E-state index is 0.0216. The number of benzene rings is 1. The predicted octanol–water partition coefficient (Wildman–Crippen LogP) is 3.15. The summed E-state index contributed by atoms with van der Waals surface area (Å²) in [6.07, 6.45) is 0. The van der Waals surface area contributed by atoms with Crippen molar-refractivity contribution in [3.8, 4) is 0 Å². The molecular weight excluding hydrogens is 210 g/mol. The van der Waals surface area contributed by atoms with E-state index in [0.717, 1.165) is 22.8 Å². The van der Waals surface area contributed by atoms with E-state index in [4.69, 9.17) is 5.73 Å². The van der Waals surface area contributed by atoms with Crippen molar-refractivity contribution in [2.45, 2.75) is 19.9 Å². The molecule has 1 aromatic carbocycles. The molecule has 88 valence electrons. The summed E-state index contributed by atoms with van der Waals surface area (Å²) in [6, 6.07) is 14.0. The lowest BCUT2D eigenvalue weighted by Crippen LogP contribution is -2.08. The fraction of sp³-hybridized carbons (Fsp3) is 0.214. The molecule has 0 amide bonds. The number of pyridine rings is 1. The molecule has 1 aromatic heterocycles. The molecule has 1 heterocycles. The van der Waals surface area contributed by atoms with Crippen molar-refractivity contribution in [1.29, 1.82) is 0 Å². The molecule has 3 N–H and O–H groups in total. The molecule has 0 saturated carbocycles. The van der Waals surface area contributed by atoms with Gasteiger partial charge >= 0.3 is 0 Å². The van der Waals surface area contributed by atoms with Crippen molar-refractivity contribution in [3.63, 3.8) is 0 Å². The number of hydrogen-bond acceptors (Lipinski definition) is 3. The topological polar surface area (TPSA) is 50.9 Å². The second-order valence-electron chi connectivity index (χ2n) is 4.15. The Morgan fingerprint density at radius 2 is 1.82 bits per heavy atom. The van der Waals surface area contributed by atoms with Gasteiger partial charge in [-0.15, -0.1) is 0 Å². The third-order valence-electron chi connectivity index (χ3n) is 2.66. The fourth-order valence-corrected chi connectivity index (χ4v) is 1.79. The Balaban J connectivity index is 2.21. The number of aryl methyl sites for hydroxylation is 1. The zero-order valence-corrected chi connectivity index (χ0v) is 10.1. The maximum absolute atomic E-state index is 5.86. The molecule has 0 aliphatic rings.